The Morgan fingerprint density at radius 1 is 0.625 bits per heavy atom. The minimum atomic E-state index is -1.49. The van der Waals surface area contributed by atoms with Crippen LogP contribution in [-0.4, -0.2) is 11.9 Å². The minimum Gasteiger partial charge on any atom is -0.545 e. The van der Waals surface area contributed by atoms with Gasteiger partial charge in [0.1, 0.15) is 0 Å². The van der Waals surface area contributed by atoms with E-state index in [-0.39, 0.29) is 83.1 Å². The quantitative estimate of drug-likeness (QED) is 0.388. The molecule has 112 valence electrons. The second-order valence-electron chi connectivity index (χ2n) is 4.86. The Labute approximate surface area is 185 Å². The predicted octanol–water partition coefficient (Wildman–Crippen LogP) is -5.72. The van der Waals surface area contributed by atoms with Gasteiger partial charge < -0.3 is 19.8 Å². The van der Waals surface area contributed by atoms with Gasteiger partial charge in [-0.05, 0) is 35.1 Å². The van der Waals surface area contributed by atoms with Crippen LogP contribution in [0.15, 0.2) is 71.8 Å². The van der Waals surface area contributed by atoms with E-state index in [0.717, 1.165) is 0 Å². The van der Waals surface area contributed by atoms with Crippen molar-refractivity contribution in [3.63, 3.8) is 0 Å². The fourth-order valence-corrected chi connectivity index (χ4v) is 2.20. The van der Waals surface area contributed by atoms with Crippen LogP contribution in [0.1, 0.15) is 11.1 Å². The number of rotatable bonds is 6. The Kier molecular flexibility index (Phi) is 11.2. The number of carbonyl (C=O) groups is 2. The second-order valence-corrected chi connectivity index (χ2v) is 4.86. The third kappa shape index (κ3) is 6.93. The van der Waals surface area contributed by atoms with Crippen molar-refractivity contribution >= 4 is 11.9 Å². The molecule has 0 aliphatic rings. The average molecular weight is 340 g/mol. The van der Waals surface area contributed by atoms with E-state index in [1.807, 2.05) is 0 Å². The summed E-state index contributed by atoms with van der Waals surface area (Å²) in [6, 6.07) is 17.6. The molecule has 24 heavy (non-hydrogen) atoms. The smallest absolute Gasteiger partial charge is 0.545 e. The first-order valence-electron chi connectivity index (χ1n) is 6.80. The molecule has 0 bridgehead atoms. The second kappa shape index (κ2) is 11.6. The van der Waals surface area contributed by atoms with Crippen LogP contribution in [0.25, 0.3) is 0 Å². The molecule has 4 nitrogen and oxygen atoms in total. The van der Waals surface area contributed by atoms with Gasteiger partial charge in [-0.2, -0.15) is 0 Å². The first-order chi connectivity index (χ1) is 10.6. The van der Waals surface area contributed by atoms with Crippen LogP contribution in [0.5, 0.6) is 0 Å². The monoisotopic (exact) mass is 340 g/mol. The van der Waals surface area contributed by atoms with Crippen LogP contribution in [0.3, 0.4) is 0 Å². The van der Waals surface area contributed by atoms with Gasteiger partial charge >= 0.3 is 59.1 Å². The number of aliphatic carboxylic acids is 2. The van der Waals surface area contributed by atoms with E-state index in [9.17, 15) is 19.8 Å². The van der Waals surface area contributed by atoms with Crippen molar-refractivity contribution in [2.24, 2.45) is 0 Å². The summed E-state index contributed by atoms with van der Waals surface area (Å²) in [5.41, 5.74) is 0.895. The van der Waals surface area contributed by atoms with E-state index < -0.39 is 11.9 Å². The molecule has 2 aromatic rings. The molecule has 0 amide bonds. The number of hydrogen-bond donors (Lipinski definition) is 0. The molecule has 0 aliphatic heterocycles. The summed E-state index contributed by atoms with van der Waals surface area (Å²) in [6.45, 7) is 0. The summed E-state index contributed by atoms with van der Waals surface area (Å²) >= 11 is 0. The summed E-state index contributed by atoms with van der Waals surface area (Å²) in [7, 11) is 0. The molecular formula is C18H14Na2O4. The molecule has 0 saturated heterocycles. The Morgan fingerprint density at radius 3 is 1.17 bits per heavy atom. The fraction of sp³-hybridized carbons (Fsp3) is 0.111. The number of benzene rings is 2. The van der Waals surface area contributed by atoms with Crippen molar-refractivity contribution in [1.29, 1.82) is 0 Å². The van der Waals surface area contributed by atoms with Crippen molar-refractivity contribution in [1.82, 2.24) is 0 Å². The maximum atomic E-state index is 11.4. The van der Waals surface area contributed by atoms with E-state index >= 15 is 0 Å². The van der Waals surface area contributed by atoms with Gasteiger partial charge in [-0.1, -0.05) is 60.7 Å². The number of carboxylic acids is 2. The van der Waals surface area contributed by atoms with Crippen LogP contribution in [0.2, 0.25) is 0 Å². The molecule has 0 aromatic heterocycles. The zero-order valence-corrected chi connectivity index (χ0v) is 17.8. The maximum absolute atomic E-state index is 11.4. The van der Waals surface area contributed by atoms with Gasteiger partial charge in [-0.3, -0.25) is 0 Å². The first kappa shape index (κ1) is 23.1. The van der Waals surface area contributed by atoms with Crippen molar-refractivity contribution in [2.45, 2.75) is 12.8 Å². The summed E-state index contributed by atoms with van der Waals surface area (Å²) in [4.78, 5) is 22.8. The number of carbonyl (C=O) groups excluding carboxylic acids is 2. The third-order valence-electron chi connectivity index (χ3n) is 3.30. The molecule has 0 atom stereocenters. The largest absolute Gasteiger partial charge is 1.00 e. The van der Waals surface area contributed by atoms with Crippen molar-refractivity contribution in [3.05, 3.63) is 82.9 Å². The van der Waals surface area contributed by atoms with E-state index in [4.69, 9.17) is 0 Å². The molecule has 2 rings (SSSR count). The zero-order valence-electron chi connectivity index (χ0n) is 13.8. The first-order valence-corrected chi connectivity index (χ1v) is 6.80. The SMILES string of the molecule is O=C([O-])/C(Cc1ccccc1)=C(/Cc1ccccc1)C(=O)[O-].[Na+].[Na+]. The van der Waals surface area contributed by atoms with Gasteiger partial charge in [-0.25, -0.2) is 0 Å². The van der Waals surface area contributed by atoms with Gasteiger partial charge in [0.05, 0.1) is 11.9 Å². The van der Waals surface area contributed by atoms with Crippen LogP contribution in [0.4, 0.5) is 0 Å². The Morgan fingerprint density at radius 2 is 0.917 bits per heavy atom. The van der Waals surface area contributed by atoms with E-state index in [1.165, 1.54) is 0 Å². The predicted molar refractivity (Wildman–Crippen MR) is 77.3 cm³/mol. The van der Waals surface area contributed by atoms with Gasteiger partial charge in [0.2, 0.25) is 0 Å². The summed E-state index contributed by atoms with van der Waals surface area (Å²) in [6.07, 6.45) is -0.0291. The Bertz CT molecular complexity index is 636. The standard InChI is InChI=1S/C18H16O4.2Na/c19-17(20)15(11-13-7-3-1-4-8-13)16(18(21)22)12-14-9-5-2-6-10-14;;/h1-10H,11-12H2,(H,19,20)(H,21,22);;/q;2*+1/p-2/b16-15-;;. The van der Waals surface area contributed by atoms with Gasteiger partial charge in [0.15, 0.2) is 0 Å². The van der Waals surface area contributed by atoms with Gasteiger partial charge in [-0.15, -0.1) is 0 Å². The minimum absolute atomic E-state index is 0. The normalized spacial score (nSPS) is 10.7. The van der Waals surface area contributed by atoms with Crippen LogP contribution < -0.4 is 69.3 Å². The molecule has 0 aliphatic carbocycles. The molecule has 0 unspecified atom stereocenters. The fourth-order valence-electron chi connectivity index (χ4n) is 2.20. The molecule has 0 fully saturated rings. The molecule has 0 N–H and O–H groups in total. The molecule has 0 radical (unpaired) electrons. The zero-order chi connectivity index (χ0) is 15.9. The molecule has 6 heteroatoms. The molecule has 2 aromatic carbocycles. The number of carboxylic acid groups (broad SMARTS) is 2. The average Bonchev–Trinajstić information content (AvgIpc) is 2.52. The Balaban J connectivity index is 0.00000264. The van der Waals surface area contributed by atoms with Crippen LogP contribution >= 0.6 is 0 Å². The van der Waals surface area contributed by atoms with E-state index in [2.05, 4.69) is 0 Å². The number of hydrogen-bond acceptors (Lipinski definition) is 4. The topological polar surface area (TPSA) is 80.3 Å². The third-order valence-corrected chi connectivity index (χ3v) is 3.30. The molecule has 0 spiro atoms. The Hall–Kier alpha value is -0.880. The molecule has 0 heterocycles. The summed E-state index contributed by atoms with van der Waals surface area (Å²) in [5, 5.41) is 22.8. The molecule has 0 saturated carbocycles. The van der Waals surface area contributed by atoms with Crippen molar-refractivity contribution in [2.75, 3.05) is 0 Å². The van der Waals surface area contributed by atoms with Gasteiger partial charge in [0.25, 0.3) is 0 Å². The van der Waals surface area contributed by atoms with Crippen molar-refractivity contribution < 1.29 is 78.9 Å². The summed E-state index contributed by atoms with van der Waals surface area (Å²) < 4.78 is 0. The van der Waals surface area contributed by atoms with Crippen LogP contribution in [-0.2, 0) is 22.4 Å². The van der Waals surface area contributed by atoms with Gasteiger partial charge in [0, 0.05) is 0 Å². The maximum Gasteiger partial charge on any atom is 1.00 e. The van der Waals surface area contributed by atoms with E-state index in [0.29, 0.717) is 11.1 Å². The van der Waals surface area contributed by atoms with E-state index in [1.54, 1.807) is 60.7 Å². The van der Waals surface area contributed by atoms with Crippen LogP contribution in [0, 0.1) is 0 Å². The van der Waals surface area contributed by atoms with Crippen molar-refractivity contribution in [3.8, 4) is 0 Å². The molecular weight excluding hydrogens is 326 g/mol. The summed E-state index contributed by atoms with van der Waals surface area (Å²) in [5.74, 6) is -2.97.